The van der Waals surface area contributed by atoms with Crippen molar-refractivity contribution in [3.05, 3.63) is 59.4 Å². The summed E-state index contributed by atoms with van der Waals surface area (Å²) in [6, 6.07) is 10.2. The Morgan fingerprint density at radius 2 is 2.08 bits per heavy atom. The molecule has 6 nitrogen and oxygen atoms in total. The molecule has 2 aromatic rings. The lowest BCUT2D eigenvalue weighted by Crippen LogP contribution is -2.31. The number of anilines is 1. The molecule has 3 rings (SSSR count). The van der Waals surface area contributed by atoms with Crippen LogP contribution in [0.1, 0.15) is 23.6 Å². The van der Waals surface area contributed by atoms with E-state index in [0.717, 1.165) is 25.2 Å². The normalized spacial score (nSPS) is 13.5. The van der Waals surface area contributed by atoms with Gasteiger partial charge in [0.1, 0.15) is 0 Å². The summed E-state index contributed by atoms with van der Waals surface area (Å²) in [4.78, 5) is 16.6. The van der Waals surface area contributed by atoms with Gasteiger partial charge in [0.05, 0.1) is 5.69 Å². The van der Waals surface area contributed by atoms with E-state index >= 15 is 0 Å². The van der Waals surface area contributed by atoms with Crippen LogP contribution in [0.15, 0.2) is 42.7 Å². The maximum atomic E-state index is 11.1. The number of carbonyl (C=O) groups is 1. The molecule has 0 atom stereocenters. The monoisotopic (exact) mass is 326 g/mol. The minimum Gasteiger partial charge on any atom is -0.465 e. The first-order chi connectivity index (χ1) is 11.7. The lowest BCUT2D eigenvalue weighted by atomic mass is 10.0. The molecule has 2 N–H and O–H groups in total. The van der Waals surface area contributed by atoms with Gasteiger partial charge in [-0.15, -0.1) is 0 Å². The zero-order chi connectivity index (χ0) is 16.9. The fraction of sp³-hybridized carbons (Fsp3) is 0.333. The Hall–Kier alpha value is -2.60. The summed E-state index contributed by atoms with van der Waals surface area (Å²) in [5.41, 5.74) is 8.25. The minimum absolute atomic E-state index is 0.514. The largest absolute Gasteiger partial charge is 0.465 e. The molecule has 1 aromatic heterocycles. The molecule has 0 unspecified atom stereocenters. The van der Waals surface area contributed by atoms with E-state index in [4.69, 9.17) is 5.11 Å². The zero-order valence-corrected chi connectivity index (χ0v) is 13.8. The van der Waals surface area contributed by atoms with E-state index in [-0.39, 0.29) is 0 Å². The number of fused-ring (bicyclic) bond motifs is 1. The number of rotatable bonds is 6. The van der Waals surface area contributed by atoms with Crippen LogP contribution in [-0.4, -0.2) is 39.2 Å². The highest BCUT2D eigenvalue weighted by molar-refractivity contribution is 5.64. The molecule has 1 aliphatic heterocycles. The molecule has 0 bridgehead atoms. The second-order valence-corrected chi connectivity index (χ2v) is 5.87. The molecule has 1 amide bonds. The van der Waals surface area contributed by atoms with E-state index < -0.39 is 6.09 Å². The average Bonchev–Trinajstić information content (AvgIpc) is 2.99. The van der Waals surface area contributed by atoms with Crippen LogP contribution in [0, 0.1) is 0 Å². The SMILES string of the molecule is CCN(CCc1cccc2c1CN(Nc1ccncc1)C2)C(=O)O. The van der Waals surface area contributed by atoms with Crippen molar-refractivity contribution in [2.45, 2.75) is 26.4 Å². The molecule has 1 aliphatic rings. The lowest BCUT2D eigenvalue weighted by Gasteiger charge is -2.19. The number of hydrogen-bond acceptors (Lipinski definition) is 4. The van der Waals surface area contributed by atoms with Crippen molar-refractivity contribution in [1.82, 2.24) is 14.9 Å². The molecule has 0 spiro atoms. The van der Waals surface area contributed by atoms with Crippen molar-refractivity contribution in [2.24, 2.45) is 0 Å². The van der Waals surface area contributed by atoms with Gasteiger partial charge in [-0.2, -0.15) is 0 Å². The third-order valence-electron chi connectivity index (χ3n) is 4.35. The number of likely N-dealkylation sites (N-methyl/N-ethyl adjacent to an activating group) is 1. The summed E-state index contributed by atoms with van der Waals surface area (Å²) >= 11 is 0. The third-order valence-corrected chi connectivity index (χ3v) is 4.35. The summed E-state index contributed by atoms with van der Waals surface area (Å²) in [6.45, 7) is 4.55. The van der Waals surface area contributed by atoms with Gasteiger partial charge in [0.15, 0.2) is 0 Å². The summed E-state index contributed by atoms with van der Waals surface area (Å²) in [5, 5.41) is 11.3. The van der Waals surface area contributed by atoms with Gasteiger partial charge in [-0.3, -0.25) is 4.98 Å². The second-order valence-electron chi connectivity index (χ2n) is 5.87. The second kappa shape index (κ2) is 7.31. The molecule has 2 heterocycles. The van der Waals surface area contributed by atoms with E-state index in [1.165, 1.54) is 21.6 Å². The maximum Gasteiger partial charge on any atom is 0.407 e. The molecule has 0 saturated heterocycles. The Balaban J connectivity index is 1.67. The first kappa shape index (κ1) is 16.3. The van der Waals surface area contributed by atoms with Gasteiger partial charge in [0.2, 0.25) is 0 Å². The van der Waals surface area contributed by atoms with Crippen LogP contribution < -0.4 is 5.43 Å². The molecule has 24 heavy (non-hydrogen) atoms. The molecule has 0 fully saturated rings. The van der Waals surface area contributed by atoms with Crippen LogP contribution in [0.4, 0.5) is 10.5 Å². The van der Waals surface area contributed by atoms with Crippen molar-refractivity contribution in [3.63, 3.8) is 0 Å². The predicted molar refractivity (Wildman–Crippen MR) is 92.5 cm³/mol. The molecule has 0 saturated carbocycles. The van der Waals surface area contributed by atoms with Gasteiger partial charge < -0.3 is 15.4 Å². The van der Waals surface area contributed by atoms with Gasteiger partial charge in [0, 0.05) is 38.6 Å². The van der Waals surface area contributed by atoms with Crippen molar-refractivity contribution in [2.75, 3.05) is 18.5 Å². The molecule has 1 aromatic carbocycles. The Bertz CT molecular complexity index is 705. The Morgan fingerprint density at radius 3 is 2.79 bits per heavy atom. The van der Waals surface area contributed by atoms with E-state index in [1.807, 2.05) is 19.1 Å². The number of benzene rings is 1. The Morgan fingerprint density at radius 1 is 1.29 bits per heavy atom. The van der Waals surface area contributed by atoms with Crippen LogP contribution in [0.5, 0.6) is 0 Å². The highest BCUT2D eigenvalue weighted by atomic mass is 16.4. The van der Waals surface area contributed by atoms with E-state index in [9.17, 15) is 4.79 Å². The Labute approximate surface area is 141 Å². The number of nitrogens with one attached hydrogen (secondary N) is 1. The number of pyridine rings is 1. The number of amides is 1. The Kier molecular flexibility index (Phi) is 4.96. The first-order valence-electron chi connectivity index (χ1n) is 8.16. The van der Waals surface area contributed by atoms with Crippen molar-refractivity contribution in [1.29, 1.82) is 0 Å². The zero-order valence-electron chi connectivity index (χ0n) is 13.8. The third kappa shape index (κ3) is 3.65. The number of nitrogens with zero attached hydrogens (tertiary/aromatic N) is 3. The van der Waals surface area contributed by atoms with Gasteiger partial charge in [0.25, 0.3) is 0 Å². The first-order valence-corrected chi connectivity index (χ1v) is 8.16. The summed E-state index contributed by atoms with van der Waals surface area (Å²) < 4.78 is 0. The smallest absolute Gasteiger partial charge is 0.407 e. The van der Waals surface area contributed by atoms with Crippen molar-refractivity contribution < 1.29 is 9.90 Å². The standard InChI is InChI=1S/C18H22N4O2/c1-2-21(18(23)24)11-8-14-4-3-5-15-12-22(13-17(14)15)20-16-6-9-19-10-7-16/h3-7,9-10H,2,8,11-13H2,1H3,(H,19,20)(H,23,24). The quantitative estimate of drug-likeness (QED) is 0.854. The number of carboxylic acid groups (broad SMARTS) is 1. The van der Waals surface area contributed by atoms with Crippen LogP contribution in [-0.2, 0) is 19.5 Å². The van der Waals surface area contributed by atoms with Crippen molar-refractivity contribution >= 4 is 11.8 Å². The summed E-state index contributed by atoms with van der Waals surface area (Å²) in [5.74, 6) is 0. The van der Waals surface area contributed by atoms with E-state index in [0.29, 0.717) is 13.1 Å². The van der Waals surface area contributed by atoms with Crippen molar-refractivity contribution in [3.8, 4) is 0 Å². The lowest BCUT2D eigenvalue weighted by molar-refractivity contribution is 0.148. The van der Waals surface area contributed by atoms with Crippen LogP contribution in [0.25, 0.3) is 0 Å². The fourth-order valence-electron chi connectivity index (χ4n) is 3.06. The number of hydrogen-bond donors (Lipinski definition) is 2. The van der Waals surface area contributed by atoms with E-state index in [1.54, 1.807) is 12.4 Å². The minimum atomic E-state index is -0.856. The molecule has 6 heteroatoms. The number of aromatic nitrogens is 1. The van der Waals surface area contributed by atoms with Gasteiger partial charge in [-0.1, -0.05) is 18.2 Å². The van der Waals surface area contributed by atoms with Gasteiger partial charge >= 0.3 is 6.09 Å². The summed E-state index contributed by atoms with van der Waals surface area (Å²) in [7, 11) is 0. The van der Waals surface area contributed by atoms with Crippen LogP contribution in [0.2, 0.25) is 0 Å². The highest BCUT2D eigenvalue weighted by Crippen LogP contribution is 2.26. The van der Waals surface area contributed by atoms with Gasteiger partial charge in [-0.25, -0.2) is 9.80 Å². The highest BCUT2D eigenvalue weighted by Gasteiger charge is 2.22. The number of hydrazine groups is 1. The molecular weight excluding hydrogens is 304 g/mol. The molecule has 126 valence electrons. The van der Waals surface area contributed by atoms with E-state index in [2.05, 4.69) is 33.6 Å². The van der Waals surface area contributed by atoms with Gasteiger partial charge in [-0.05, 0) is 42.2 Å². The fourth-order valence-corrected chi connectivity index (χ4v) is 3.06. The maximum absolute atomic E-state index is 11.1. The summed E-state index contributed by atoms with van der Waals surface area (Å²) in [6.07, 6.45) is 3.42. The predicted octanol–water partition coefficient (Wildman–Crippen LogP) is 2.97. The average molecular weight is 326 g/mol. The molecule has 0 aliphatic carbocycles. The van der Waals surface area contributed by atoms with Crippen LogP contribution in [0.3, 0.4) is 0 Å². The molecular formula is C18H22N4O2. The molecule has 0 radical (unpaired) electrons. The topological polar surface area (TPSA) is 68.7 Å². The van der Waals surface area contributed by atoms with Crippen LogP contribution >= 0.6 is 0 Å².